The van der Waals surface area contributed by atoms with E-state index in [1.807, 2.05) is 41.3 Å². The molecule has 2 rings (SSSR count). The first-order valence-electron chi connectivity index (χ1n) is 6.52. The summed E-state index contributed by atoms with van der Waals surface area (Å²) in [4.78, 5) is 2.64. The van der Waals surface area contributed by atoms with E-state index < -0.39 is 0 Å². The van der Waals surface area contributed by atoms with Crippen LogP contribution in [-0.4, -0.2) is 18.3 Å². The van der Waals surface area contributed by atoms with Crippen LogP contribution < -0.4 is 5.32 Å². The maximum atomic E-state index is 6.02. The van der Waals surface area contributed by atoms with Gasteiger partial charge in [0.25, 0.3) is 0 Å². The molecule has 0 fully saturated rings. The quantitative estimate of drug-likeness (QED) is 0.628. The monoisotopic (exact) mass is 389 g/mol. The SMILES string of the molecule is CCNC(CSc1cccc(Cl)c1)Cc1cc(Br)cs1. The van der Waals surface area contributed by atoms with Crippen molar-refractivity contribution in [3.63, 3.8) is 0 Å². The third kappa shape index (κ3) is 5.41. The molecule has 1 N–H and O–H groups in total. The lowest BCUT2D eigenvalue weighted by Gasteiger charge is -2.16. The molecule has 1 heterocycles. The van der Waals surface area contributed by atoms with Crippen molar-refractivity contribution in [2.45, 2.75) is 24.3 Å². The van der Waals surface area contributed by atoms with Crippen LogP contribution in [-0.2, 0) is 6.42 Å². The van der Waals surface area contributed by atoms with Crippen LogP contribution in [0.15, 0.2) is 45.1 Å². The lowest BCUT2D eigenvalue weighted by molar-refractivity contribution is 0.576. The fourth-order valence-electron chi connectivity index (χ4n) is 1.94. The fourth-order valence-corrected chi connectivity index (χ4v) is 4.74. The molecule has 1 aromatic heterocycles. The smallest absolute Gasteiger partial charge is 0.0417 e. The van der Waals surface area contributed by atoms with Crippen LogP contribution in [0.3, 0.4) is 0 Å². The Kier molecular flexibility index (Phi) is 6.91. The lowest BCUT2D eigenvalue weighted by atomic mass is 10.2. The first-order chi connectivity index (χ1) is 9.67. The van der Waals surface area contributed by atoms with E-state index in [1.54, 1.807) is 0 Å². The molecule has 108 valence electrons. The van der Waals surface area contributed by atoms with E-state index in [9.17, 15) is 0 Å². The van der Waals surface area contributed by atoms with Gasteiger partial charge in [-0.05, 0) is 53.2 Å². The number of hydrogen-bond acceptors (Lipinski definition) is 3. The summed E-state index contributed by atoms with van der Waals surface area (Å²) in [5.41, 5.74) is 0. The summed E-state index contributed by atoms with van der Waals surface area (Å²) in [5, 5.41) is 6.51. The fraction of sp³-hybridized carbons (Fsp3) is 0.333. The van der Waals surface area contributed by atoms with E-state index in [-0.39, 0.29) is 0 Å². The van der Waals surface area contributed by atoms with Crippen LogP contribution in [0.1, 0.15) is 11.8 Å². The van der Waals surface area contributed by atoms with E-state index in [0.717, 1.165) is 23.7 Å². The topological polar surface area (TPSA) is 12.0 Å². The van der Waals surface area contributed by atoms with Crippen LogP contribution in [0.4, 0.5) is 0 Å². The zero-order valence-corrected chi connectivity index (χ0v) is 15.2. The van der Waals surface area contributed by atoms with E-state index in [0.29, 0.717) is 6.04 Å². The number of hydrogen-bond donors (Lipinski definition) is 1. The van der Waals surface area contributed by atoms with Gasteiger partial charge in [-0.3, -0.25) is 0 Å². The molecule has 5 heteroatoms. The van der Waals surface area contributed by atoms with Gasteiger partial charge >= 0.3 is 0 Å². The molecule has 0 saturated heterocycles. The molecular weight excluding hydrogens is 374 g/mol. The van der Waals surface area contributed by atoms with Crippen LogP contribution in [0.25, 0.3) is 0 Å². The second-order valence-corrected chi connectivity index (χ2v) is 7.90. The van der Waals surface area contributed by atoms with E-state index in [4.69, 9.17) is 11.6 Å². The first-order valence-corrected chi connectivity index (χ1v) is 9.55. The van der Waals surface area contributed by atoms with Crippen LogP contribution in [0.2, 0.25) is 5.02 Å². The molecule has 1 nitrogen and oxygen atoms in total. The number of halogens is 2. The maximum Gasteiger partial charge on any atom is 0.0417 e. The predicted octanol–water partition coefficient (Wildman–Crippen LogP) is 5.48. The Balaban J connectivity index is 1.91. The molecule has 0 amide bonds. The Morgan fingerprint density at radius 2 is 2.25 bits per heavy atom. The normalized spacial score (nSPS) is 12.6. The molecule has 1 aromatic carbocycles. The number of nitrogens with one attached hydrogen (secondary N) is 1. The predicted molar refractivity (Wildman–Crippen MR) is 95.4 cm³/mol. The summed E-state index contributed by atoms with van der Waals surface area (Å²) in [6, 6.07) is 10.7. The highest BCUT2D eigenvalue weighted by atomic mass is 79.9. The Labute approximate surface area is 142 Å². The summed E-state index contributed by atoms with van der Waals surface area (Å²) in [6.45, 7) is 3.15. The molecule has 0 aliphatic rings. The van der Waals surface area contributed by atoms with Gasteiger partial charge in [-0.1, -0.05) is 24.6 Å². The molecule has 0 saturated carbocycles. The second kappa shape index (κ2) is 8.44. The zero-order chi connectivity index (χ0) is 14.4. The Bertz CT molecular complexity index is 544. The molecule has 0 aliphatic heterocycles. The van der Waals surface area contributed by atoms with Crippen molar-refractivity contribution in [3.05, 3.63) is 50.1 Å². The Hall–Kier alpha value is -0.0000000000000000833. The van der Waals surface area contributed by atoms with Crippen molar-refractivity contribution < 1.29 is 0 Å². The second-order valence-electron chi connectivity index (χ2n) is 4.46. The van der Waals surface area contributed by atoms with Gasteiger partial charge in [0.05, 0.1) is 0 Å². The summed E-state index contributed by atoms with van der Waals surface area (Å²) >= 11 is 13.2. The number of benzene rings is 1. The minimum atomic E-state index is 0.481. The van der Waals surface area contributed by atoms with Crippen molar-refractivity contribution in [2.24, 2.45) is 0 Å². The average molecular weight is 391 g/mol. The Morgan fingerprint density at radius 1 is 1.40 bits per heavy atom. The van der Waals surface area contributed by atoms with Gasteiger partial charge in [0.15, 0.2) is 0 Å². The summed E-state index contributed by atoms with van der Waals surface area (Å²) in [5.74, 6) is 1.05. The van der Waals surface area contributed by atoms with E-state index >= 15 is 0 Å². The minimum Gasteiger partial charge on any atom is -0.313 e. The Morgan fingerprint density at radius 3 is 2.90 bits per heavy atom. The number of thioether (sulfide) groups is 1. The van der Waals surface area contributed by atoms with Gasteiger partial charge in [0.1, 0.15) is 0 Å². The average Bonchev–Trinajstić information content (AvgIpc) is 2.82. The van der Waals surface area contributed by atoms with Crippen molar-refractivity contribution in [1.82, 2.24) is 5.32 Å². The van der Waals surface area contributed by atoms with Gasteiger partial charge in [-0.2, -0.15) is 0 Å². The number of rotatable bonds is 7. The molecule has 0 bridgehead atoms. The van der Waals surface area contributed by atoms with Crippen molar-refractivity contribution in [1.29, 1.82) is 0 Å². The van der Waals surface area contributed by atoms with Crippen LogP contribution in [0, 0.1) is 0 Å². The lowest BCUT2D eigenvalue weighted by Crippen LogP contribution is -2.32. The van der Waals surface area contributed by atoms with Gasteiger partial charge < -0.3 is 5.32 Å². The van der Waals surface area contributed by atoms with Gasteiger partial charge in [0.2, 0.25) is 0 Å². The highest BCUT2D eigenvalue weighted by Gasteiger charge is 2.11. The molecule has 0 radical (unpaired) electrons. The third-order valence-electron chi connectivity index (χ3n) is 2.81. The molecule has 2 aromatic rings. The molecule has 0 aliphatic carbocycles. The van der Waals surface area contributed by atoms with Crippen molar-refractivity contribution in [3.8, 4) is 0 Å². The largest absolute Gasteiger partial charge is 0.313 e. The molecule has 0 spiro atoms. The summed E-state index contributed by atoms with van der Waals surface area (Å²) < 4.78 is 1.18. The van der Waals surface area contributed by atoms with Gasteiger partial charge in [-0.25, -0.2) is 0 Å². The minimum absolute atomic E-state index is 0.481. The number of likely N-dealkylation sites (N-methyl/N-ethyl adjacent to an activating group) is 1. The highest BCUT2D eigenvalue weighted by Crippen LogP contribution is 2.25. The van der Waals surface area contributed by atoms with Crippen molar-refractivity contribution >= 4 is 50.6 Å². The molecular formula is C15H17BrClNS2. The zero-order valence-electron chi connectivity index (χ0n) is 11.2. The number of thiophene rings is 1. The van der Waals surface area contributed by atoms with E-state index in [2.05, 4.69) is 45.7 Å². The first kappa shape index (κ1) is 16.4. The summed E-state index contributed by atoms with van der Waals surface area (Å²) in [7, 11) is 0. The van der Waals surface area contributed by atoms with E-state index in [1.165, 1.54) is 14.2 Å². The third-order valence-corrected chi connectivity index (χ3v) is 5.92. The maximum absolute atomic E-state index is 6.02. The van der Waals surface area contributed by atoms with Gasteiger partial charge in [0, 0.05) is 36.4 Å². The van der Waals surface area contributed by atoms with Crippen molar-refractivity contribution in [2.75, 3.05) is 12.3 Å². The molecule has 1 unspecified atom stereocenters. The standard InChI is InChI=1S/C15H17BrClNS2/c1-2-18-13(8-15-6-11(16)9-19-15)10-20-14-5-3-4-12(17)7-14/h3-7,9,13,18H,2,8,10H2,1H3. The van der Waals surface area contributed by atoms with Crippen LogP contribution >= 0.6 is 50.6 Å². The van der Waals surface area contributed by atoms with Crippen LogP contribution in [0.5, 0.6) is 0 Å². The van der Waals surface area contributed by atoms with Gasteiger partial charge in [-0.15, -0.1) is 23.1 Å². The molecule has 20 heavy (non-hydrogen) atoms. The summed E-state index contributed by atoms with van der Waals surface area (Å²) in [6.07, 6.45) is 1.07. The highest BCUT2D eigenvalue weighted by molar-refractivity contribution is 9.10. The molecule has 1 atom stereocenters.